The van der Waals surface area contributed by atoms with E-state index in [2.05, 4.69) is 0 Å². The minimum Gasteiger partial charge on any atom is -0.391 e. The predicted molar refractivity (Wildman–Crippen MR) is 44.7 cm³/mol. The summed E-state index contributed by atoms with van der Waals surface area (Å²) in [5.74, 6) is 0. The Labute approximate surface area is 72.7 Å². The van der Waals surface area contributed by atoms with Crippen LogP contribution in [-0.2, 0) is 4.74 Å². The lowest BCUT2D eigenvalue weighted by molar-refractivity contribution is -0.121. The highest BCUT2D eigenvalue weighted by atomic mass is 16.6. The molecule has 0 aliphatic carbocycles. The fourth-order valence-electron chi connectivity index (χ4n) is 1.61. The molecule has 0 spiro atoms. The first-order valence-electron chi connectivity index (χ1n) is 4.20. The summed E-state index contributed by atoms with van der Waals surface area (Å²) in [5, 5.41) is 18.5. The molecule has 0 radical (unpaired) electrons. The normalized spacial score (nSPS) is 39.0. The number of nitrogens with zero attached hydrogens (tertiary/aromatic N) is 1. The number of ether oxygens (including phenoxy) is 1. The molecule has 12 heavy (non-hydrogen) atoms. The maximum Gasteiger partial charge on any atom is 0.156 e. The Balaban J connectivity index is 2.59. The van der Waals surface area contributed by atoms with Gasteiger partial charge in [-0.05, 0) is 21.0 Å². The zero-order valence-electron chi connectivity index (χ0n) is 7.77. The minimum atomic E-state index is -0.725. The highest BCUT2D eigenvalue weighted by Crippen LogP contribution is 2.24. The van der Waals surface area contributed by atoms with Crippen molar-refractivity contribution in [2.45, 2.75) is 37.9 Å². The van der Waals surface area contributed by atoms with Crippen LogP contribution < -0.4 is 0 Å². The van der Waals surface area contributed by atoms with Crippen molar-refractivity contribution in [2.24, 2.45) is 0 Å². The molecule has 1 heterocycles. The summed E-state index contributed by atoms with van der Waals surface area (Å²) in [6.45, 7) is 1.68. The Morgan fingerprint density at radius 3 is 2.42 bits per heavy atom. The largest absolute Gasteiger partial charge is 0.391 e. The molecule has 0 aromatic heterocycles. The van der Waals surface area contributed by atoms with Crippen LogP contribution in [0.15, 0.2) is 0 Å². The van der Waals surface area contributed by atoms with Crippen molar-refractivity contribution in [2.75, 3.05) is 14.1 Å². The highest BCUT2D eigenvalue weighted by molar-refractivity contribution is 4.87. The number of likely N-dealkylation sites (N-methyl/N-ethyl adjacent to an activating group) is 1. The third-order valence-corrected chi connectivity index (χ3v) is 2.28. The summed E-state index contributed by atoms with van der Waals surface area (Å²) >= 11 is 0. The summed E-state index contributed by atoms with van der Waals surface area (Å²) in [4.78, 5) is 1.97. The number of rotatable bonds is 2. The maximum atomic E-state index is 9.33. The molecule has 1 aliphatic heterocycles. The van der Waals surface area contributed by atoms with Crippen LogP contribution in [0.5, 0.6) is 0 Å². The summed E-state index contributed by atoms with van der Waals surface area (Å²) in [6.07, 6.45) is -0.954. The van der Waals surface area contributed by atoms with Crippen LogP contribution >= 0.6 is 0 Å². The van der Waals surface area contributed by atoms with Crippen molar-refractivity contribution in [1.82, 2.24) is 4.90 Å². The van der Waals surface area contributed by atoms with E-state index < -0.39 is 12.4 Å². The van der Waals surface area contributed by atoms with Crippen LogP contribution in [0.3, 0.4) is 0 Å². The van der Waals surface area contributed by atoms with Gasteiger partial charge >= 0.3 is 0 Å². The lowest BCUT2D eigenvalue weighted by Crippen LogP contribution is -2.41. The Morgan fingerprint density at radius 1 is 1.50 bits per heavy atom. The lowest BCUT2D eigenvalue weighted by atomic mass is 10.1. The van der Waals surface area contributed by atoms with Gasteiger partial charge in [0, 0.05) is 12.5 Å². The first-order chi connectivity index (χ1) is 5.52. The molecular weight excluding hydrogens is 158 g/mol. The molecule has 4 nitrogen and oxygen atoms in total. The van der Waals surface area contributed by atoms with Gasteiger partial charge in [0.25, 0.3) is 0 Å². The van der Waals surface area contributed by atoms with Gasteiger partial charge in [-0.1, -0.05) is 0 Å². The first kappa shape index (κ1) is 9.92. The topological polar surface area (TPSA) is 52.9 Å². The summed E-state index contributed by atoms with van der Waals surface area (Å²) in [5.41, 5.74) is 0. The number of aliphatic hydroxyl groups is 2. The molecule has 0 unspecified atom stereocenters. The van der Waals surface area contributed by atoms with E-state index in [9.17, 15) is 10.2 Å². The molecule has 1 rings (SSSR count). The van der Waals surface area contributed by atoms with Crippen LogP contribution in [-0.4, -0.2) is 53.7 Å². The second kappa shape index (κ2) is 3.70. The van der Waals surface area contributed by atoms with Gasteiger partial charge in [-0.25, -0.2) is 0 Å². The molecule has 72 valence electrons. The van der Waals surface area contributed by atoms with Gasteiger partial charge in [-0.2, -0.15) is 0 Å². The predicted octanol–water partition coefficient (Wildman–Crippen LogP) is -0.595. The molecule has 0 aromatic rings. The van der Waals surface area contributed by atoms with Gasteiger partial charge in [0.2, 0.25) is 0 Å². The zero-order chi connectivity index (χ0) is 9.30. The second-order valence-corrected chi connectivity index (χ2v) is 3.56. The SMILES string of the molecule is C[C@@H](O)[C@@H]1O[C@H](O)C[C@H]1N(C)C. The van der Waals surface area contributed by atoms with E-state index in [1.165, 1.54) is 0 Å². The summed E-state index contributed by atoms with van der Waals surface area (Å²) < 4.78 is 5.16. The number of aliphatic hydroxyl groups excluding tert-OH is 2. The van der Waals surface area contributed by atoms with E-state index in [4.69, 9.17) is 4.74 Å². The summed E-state index contributed by atoms with van der Waals surface area (Å²) in [7, 11) is 3.84. The average Bonchev–Trinajstić information content (AvgIpc) is 2.31. The van der Waals surface area contributed by atoms with Crippen molar-refractivity contribution >= 4 is 0 Å². The van der Waals surface area contributed by atoms with Gasteiger partial charge in [0.1, 0.15) is 6.10 Å². The third kappa shape index (κ3) is 1.95. The molecule has 0 aromatic carbocycles. The Bertz CT molecular complexity index is 133. The van der Waals surface area contributed by atoms with E-state index in [-0.39, 0.29) is 12.1 Å². The third-order valence-electron chi connectivity index (χ3n) is 2.28. The average molecular weight is 175 g/mol. The molecule has 4 atom stereocenters. The molecule has 2 N–H and O–H groups in total. The van der Waals surface area contributed by atoms with Crippen molar-refractivity contribution in [3.8, 4) is 0 Å². The standard InChI is InChI=1S/C8H17NO3/c1-5(10)8-6(9(2)3)4-7(11)12-8/h5-8,10-11H,4H2,1-3H3/t5-,6-,7+,8+/m1/s1. The highest BCUT2D eigenvalue weighted by Gasteiger charge is 2.38. The monoisotopic (exact) mass is 175 g/mol. The van der Waals surface area contributed by atoms with Gasteiger partial charge in [0.15, 0.2) is 6.29 Å². The van der Waals surface area contributed by atoms with Crippen LogP contribution in [0.1, 0.15) is 13.3 Å². The molecule has 1 saturated heterocycles. The van der Waals surface area contributed by atoms with Crippen molar-refractivity contribution in [3.63, 3.8) is 0 Å². The van der Waals surface area contributed by atoms with Crippen LogP contribution in [0.4, 0.5) is 0 Å². The zero-order valence-corrected chi connectivity index (χ0v) is 7.77. The summed E-state index contributed by atoms with van der Waals surface area (Å²) in [6, 6.07) is 0.111. The van der Waals surface area contributed by atoms with E-state index in [1.54, 1.807) is 6.92 Å². The Kier molecular flexibility index (Phi) is 3.06. The van der Waals surface area contributed by atoms with Crippen molar-refractivity contribution in [1.29, 1.82) is 0 Å². The van der Waals surface area contributed by atoms with Gasteiger partial charge in [-0.3, -0.25) is 0 Å². The fraction of sp³-hybridized carbons (Fsp3) is 1.00. The van der Waals surface area contributed by atoms with Crippen LogP contribution in [0.2, 0.25) is 0 Å². The smallest absolute Gasteiger partial charge is 0.156 e. The molecule has 0 amide bonds. The first-order valence-corrected chi connectivity index (χ1v) is 4.20. The van der Waals surface area contributed by atoms with Crippen molar-refractivity contribution < 1.29 is 14.9 Å². The molecule has 1 aliphatic rings. The maximum absolute atomic E-state index is 9.33. The molecular formula is C8H17NO3. The molecule has 4 heteroatoms. The number of hydrogen-bond acceptors (Lipinski definition) is 4. The van der Waals surface area contributed by atoms with Gasteiger partial charge in [-0.15, -0.1) is 0 Å². The molecule has 0 bridgehead atoms. The number of hydrogen-bond donors (Lipinski definition) is 2. The van der Waals surface area contributed by atoms with Crippen LogP contribution in [0.25, 0.3) is 0 Å². The molecule has 0 saturated carbocycles. The van der Waals surface area contributed by atoms with E-state index in [0.29, 0.717) is 6.42 Å². The second-order valence-electron chi connectivity index (χ2n) is 3.56. The Morgan fingerprint density at radius 2 is 2.08 bits per heavy atom. The minimum absolute atomic E-state index is 0.111. The van der Waals surface area contributed by atoms with E-state index >= 15 is 0 Å². The van der Waals surface area contributed by atoms with Crippen molar-refractivity contribution in [3.05, 3.63) is 0 Å². The van der Waals surface area contributed by atoms with Crippen LogP contribution in [0, 0.1) is 0 Å². The lowest BCUT2D eigenvalue weighted by Gasteiger charge is -2.26. The van der Waals surface area contributed by atoms with E-state index in [1.807, 2.05) is 19.0 Å². The Hall–Kier alpha value is -0.160. The quantitative estimate of drug-likeness (QED) is 0.588. The van der Waals surface area contributed by atoms with Gasteiger partial charge < -0.3 is 19.8 Å². The fourth-order valence-corrected chi connectivity index (χ4v) is 1.61. The van der Waals surface area contributed by atoms with Gasteiger partial charge in [0.05, 0.1) is 6.10 Å². The van der Waals surface area contributed by atoms with E-state index in [0.717, 1.165) is 0 Å². The molecule has 1 fully saturated rings.